The standard InChI is InChI=1S/C18H14N2O/c1-12-8-13(2)17-14(9-12)10-15(11-19)18(20-17)21-16-6-4-3-5-7-16/h3-10H,1-2H3. The summed E-state index contributed by atoms with van der Waals surface area (Å²) < 4.78 is 5.76. The van der Waals surface area contributed by atoms with Gasteiger partial charge >= 0.3 is 0 Å². The summed E-state index contributed by atoms with van der Waals surface area (Å²) in [4.78, 5) is 4.54. The molecule has 0 radical (unpaired) electrons. The lowest BCUT2D eigenvalue weighted by molar-refractivity contribution is 0.463. The van der Waals surface area contributed by atoms with Gasteiger partial charge in [-0.2, -0.15) is 5.26 Å². The highest BCUT2D eigenvalue weighted by Gasteiger charge is 2.11. The molecule has 0 bridgehead atoms. The highest BCUT2D eigenvalue weighted by atomic mass is 16.5. The summed E-state index contributed by atoms with van der Waals surface area (Å²) in [5, 5.41) is 10.3. The van der Waals surface area contributed by atoms with Crippen molar-refractivity contribution in [1.29, 1.82) is 5.26 Å². The molecular formula is C18H14N2O. The van der Waals surface area contributed by atoms with Crippen molar-refractivity contribution in [1.82, 2.24) is 4.98 Å². The first-order valence-electron chi connectivity index (χ1n) is 6.72. The van der Waals surface area contributed by atoms with E-state index in [0.717, 1.165) is 22.0 Å². The number of hydrogen-bond donors (Lipinski definition) is 0. The van der Waals surface area contributed by atoms with Gasteiger partial charge < -0.3 is 4.74 Å². The molecule has 0 aliphatic carbocycles. The molecule has 1 aromatic heterocycles. The number of nitrogens with zero attached hydrogens (tertiary/aromatic N) is 2. The van der Waals surface area contributed by atoms with Gasteiger partial charge in [-0.15, -0.1) is 0 Å². The van der Waals surface area contributed by atoms with Gasteiger partial charge in [0.1, 0.15) is 17.4 Å². The van der Waals surface area contributed by atoms with Crippen molar-refractivity contribution < 1.29 is 4.74 Å². The second-order valence-corrected chi connectivity index (χ2v) is 5.02. The van der Waals surface area contributed by atoms with Gasteiger partial charge in [0.25, 0.3) is 0 Å². The van der Waals surface area contributed by atoms with Crippen LogP contribution in [0.4, 0.5) is 0 Å². The Morgan fingerprint density at radius 1 is 1.05 bits per heavy atom. The molecule has 3 nitrogen and oxygen atoms in total. The molecule has 0 N–H and O–H groups in total. The number of nitriles is 1. The monoisotopic (exact) mass is 274 g/mol. The third-order valence-electron chi connectivity index (χ3n) is 3.30. The molecule has 0 saturated carbocycles. The topological polar surface area (TPSA) is 45.9 Å². The van der Waals surface area contributed by atoms with E-state index in [0.29, 0.717) is 17.2 Å². The van der Waals surface area contributed by atoms with Crippen LogP contribution in [0.15, 0.2) is 48.5 Å². The van der Waals surface area contributed by atoms with Crippen LogP contribution in [0.3, 0.4) is 0 Å². The lowest BCUT2D eigenvalue weighted by atomic mass is 10.1. The van der Waals surface area contributed by atoms with Gasteiger partial charge in [-0.1, -0.05) is 29.8 Å². The predicted molar refractivity (Wildman–Crippen MR) is 82.4 cm³/mol. The summed E-state index contributed by atoms with van der Waals surface area (Å²) in [7, 11) is 0. The fraction of sp³-hybridized carbons (Fsp3) is 0.111. The fourth-order valence-corrected chi connectivity index (χ4v) is 2.39. The van der Waals surface area contributed by atoms with E-state index in [9.17, 15) is 5.26 Å². The summed E-state index contributed by atoms with van der Waals surface area (Å²) in [5.74, 6) is 1.02. The quantitative estimate of drug-likeness (QED) is 0.690. The number of rotatable bonds is 2. The molecule has 0 amide bonds. The number of aromatic nitrogens is 1. The molecule has 3 rings (SSSR count). The molecule has 2 aromatic carbocycles. The summed E-state index contributed by atoms with van der Waals surface area (Å²) >= 11 is 0. The van der Waals surface area contributed by atoms with Crippen LogP contribution in [0.25, 0.3) is 10.9 Å². The Morgan fingerprint density at radius 2 is 1.81 bits per heavy atom. The smallest absolute Gasteiger partial charge is 0.237 e. The van der Waals surface area contributed by atoms with Crippen LogP contribution in [0.5, 0.6) is 11.6 Å². The first-order chi connectivity index (χ1) is 10.2. The maximum atomic E-state index is 9.32. The van der Waals surface area contributed by atoms with Crippen molar-refractivity contribution in [2.24, 2.45) is 0 Å². The normalized spacial score (nSPS) is 10.3. The molecule has 21 heavy (non-hydrogen) atoms. The molecular weight excluding hydrogens is 260 g/mol. The van der Waals surface area contributed by atoms with Crippen LogP contribution in [-0.2, 0) is 0 Å². The van der Waals surface area contributed by atoms with Gasteiger partial charge in [-0.3, -0.25) is 0 Å². The first-order valence-corrected chi connectivity index (χ1v) is 6.72. The minimum Gasteiger partial charge on any atom is -0.438 e. The SMILES string of the molecule is Cc1cc(C)c2nc(Oc3ccccc3)c(C#N)cc2c1. The Balaban J connectivity index is 2.16. The van der Waals surface area contributed by atoms with E-state index >= 15 is 0 Å². The number of pyridine rings is 1. The zero-order valence-electron chi connectivity index (χ0n) is 11.9. The minimum absolute atomic E-state index is 0.350. The van der Waals surface area contributed by atoms with E-state index in [4.69, 9.17) is 4.74 Å². The van der Waals surface area contributed by atoms with Crippen molar-refractivity contribution >= 4 is 10.9 Å². The Labute approximate surface area is 123 Å². The van der Waals surface area contributed by atoms with Crippen LogP contribution >= 0.6 is 0 Å². The summed E-state index contributed by atoms with van der Waals surface area (Å²) in [5.41, 5.74) is 3.54. The first kappa shape index (κ1) is 13.1. The second-order valence-electron chi connectivity index (χ2n) is 5.02. The Bertz CT molecular complexity index is 848. The van der Waals surface area contributed by atoms with Gasteiger partial charge in [0.15, 0.2) is 0 Å². The van der Waals surface area contributed by atoms with Crippen LogP contribution in [0, 0.1) is 25.2 Å². The van der Waals surface area contributed by atoms with E-state index in [1.165, 1.54) is 0 Å². The number of fused-ring (bicyclic) bond motifs is 1. The molecule has 0 spiro atoms. The van der Waals surface area contributed by atoms with E-state index in [1.807, 2.05) is 56.3 Å². The van der Waals surface area contributed by atoms with E-state index in [1.54, 1.807) is 0 Å². The van der Waals surface area contributed by atoms with E-state index in [-0.39, 0.29) is 0 Å². The second kappa shape index (κ2) is 5.26. The number of aryl methyl sites for hydroxylation is 2. The van der Waals surface area contributed by atoms with Crippen molar-refractivity contribution in [3.05, 3.63) is 65.2 Å². The lowest BCUT2D eigenvalue weighted by Gasteiger charge is -2.10. The predicted octanol–water partition coefficient (Wildman–Crippen LogP) is 4.52. The summed E-state index contributed by atoms with van der Waals surface area (Å²) in [6.45, 7) is 4.05. The van der Waals surface area contributed by atoms with E-state index < -0.39 is 0 Å². The molecule has 0 unspecified atom stereocenters. The number of para-hydroxylation sites is 1. The molecule has 0 atom stereocenters. The van der Waals surface area contributed by atoms with Crippen LogP contribution in [0.2, 0.25) is 0 Å². The zero-order valence-corrected chi connectivity index (χ0v) is 11.9. The molecule has 0 saturated heterocycles. The largest absolute Gasteiger partial charge is 0.438 e. The van der Waals surface area contributed by atoms with Gasteiger partial charge in [0.2, 0.25) is 5.88 Å². The van der Waals surface area contributed by atoms with Gasteiger partial charge in [0, 0.05) is 5.39 Å². The average molecular weight is 274 g/mol. The zero-order chi connectivity index (χ0) is 14.8. The number of hydrogen-bond acceptors (Lipinski definition) is 3. The Morgan fingerprint density at radius 3 is 2.52 bits per heavy atom. The number of ether oxygens (including phenoxy) is 1. The van der Waals surface area contributed by atoms with Crippen LogP contribution in [0.1, 0.15) is 16.7 Å². The average Bonchev–Trinajstić information content (AvgIpc) is 2.48. The maximum Gasteiger partial charge on any atom is 0.237 e. The lowest BCUT2D eigenvalue weighted by Crippen LogP contribution is -1.95. The van der Waals surface area contributed by atoms with Crippen LogP contribution in [-0.4, -0.2) is 4.98 Å². The molecule has 0 aliphatic heterocycles. The molecule has 0 aliphatic rings. The Hall–Kier alpha value is -2.86. The molecule has 1 heterocycles. The van der Waals surface area contributed by atoms with Gasteiger partial charge in [-0.25, -0.2) is 4.98 Å². The Kier molecular flexibility index (Phi) is 3.29. The third kappa shape index (κ3) is 2.56. The van der Waals surface area contributed by atoms with Crippen molar-refractivity contribution in [2.75, 3.05) is 0 Å². The highest BCUT2D eigenvalue weighted by molar-refractivity contribution is 5.84. The van der Waals surface area contributed by atoms with Gasteiger partial charge in [0.05, 0.1) is 5.52 Å². The maximum absolute atomic E-state index is 9.32. The highest BCUT2D eigenvalue weighted by Crippen LogP contribution is 2.28. The summed E-state index contributed by atoms with van der Waals surface area (Å²) in [6, 6.07) is 17.5. The van der Waals surface area contributed by atoms with Gasteiger partial charge in [-0.05, 0) is 43.7 Å². The van der Waals surface area contributed by atoms with E-state index in [2.05, 4.69) is 17.1 Å². The molecule has 0 fully saturated rings. The number of benzene rings is 2. The fourth-order valence-electron chi connectivity index (χ4n) is 2.39. The van der Waals surface area contributed by atoms with Crippen molar-refractivity contribution in [2.45, 2.75) is 13.8 Å². The summed E-state index contributed by atoms with van der Waals surface area (Å²) in [6.07, 6.45) is 0. The molecule has 3 aromatic rings. The van der Waals surface area contributed by atoms with Crippen LogP contribution < -0.4 is 4.74 Å². The molecule has 3 heteroatoms. The molecule has 102 valence electrons. The van der Waals surface area contributed by atoms with Crippen molar-refractivity contribution in [3.63, 3.8) is 0 Å². The third-order valence-corrected chi connectivity index (χ3v) is 3.30. The van der Waals surface area contributed by atoms with Crippen molar-refractivity contribution in [3.8, 4) is 17.7 Å². The minimum atomic E-state index is 0.350.